The molecule has 1 unspecified atom stereocenters. The summed E-state index contributed by atoms with van der Waals surface area (Å²) in [6.45, 7) is 5.06. The zero-order chi connectivity index (χ0) is 15.2. The van der Waals surface area contributed by atoms with E-state index in [1.54, 1.807) is 11.8 Å². The highest BCUT2D eigenvalue weighted by Crippen LogP contribution is 2.20. The third-order valence-electron chi connectivity index (χ3n) is 3.31. The molecule has 21 heavy (non-hydrogen) atoms. The summed E-state index contributed by atoms with van der Waals surface area (Å²) in [7, 11) is 1.98. The molecular weight excluding hydrogens is 285 g/mol. The van der Waals surface area contributed by atoms with Gasteiger partial charge in [-0.1, -0.05) is 6.92 Å². The summed E-state index contributed by atoms with van der Waals surface area (Å²) in [4.78, 5) is 1.10. The first-order chi connectivity index (χ1) is 10.1. The van der Waals surface area contributed by atoms with Crippen molar-refractivity contribution in [2.45, 2.75) is 31.2 Å². The zero-order valence-electron chi connectivity index (χ0n) is 12.8. The maximum absolute atomic E-state index is 12.9. The molecule has 2 rings (SSSR count). The average Bonchev–Trinajstić information content (AvgIpc) is 2.76. The molecule has 1 aromatic carbocycles. The Kier molecular flexibility index (Phi) is 5.82. The number of aromatic nitrogens is 2. The van der Waals surface area contributed by atoms with Crippen molar-refractivity contribution in [1.82, 2.24) is 15.1 Å². The van der Waals surface area contributed by atoms with Gasteiger partial charge in [0.2, 0.25) is 0 Å². The van der Waals surface area contributed by atoms with Crippen LogP contribution in [0.25, 0.3) is 0 Å². The quantitative estimate of drug-likeness (QED) is 0.797. The van der Waals surface area contributed by atoms with E-state index < -0.39 is 0 Å². The Morgan fingerprint density at radius 2 is 2.05 bits per heavy atom. The minimum Gasteiger partial charge on any atom is -0.313 e. The molecule has 1 aromatic heterocycles. The lowest BCUT2D eigenvalue weighted by Crippen LogP contribution is -2.33. The fourth-order valence-electron chi connectivity index (χ4n) is 2.31. The number of likely N-dealkylation sites (N-methyl/N-ethyl adjacent to an activating group) is 1. The van der Waals surface area contributed by atoms with E-state index in [0.29, 0.717) is 6.04 Å². The smallest absolute Gasteiger partial charge is 0.123 e. The van der Waals surface area contributed by atoms with Crippen LogP contribution in [0.3, 0.4) is 0 Å². The highest BCUT2D eigenvalue weighted by atomic mass is 32.2. The van der Waals surface area contributed by atoms with Gasteiger partial charge < -0.3 is 5.32 Å². The molecule has 1 atom stereocenters. The molecule has 0 spiro atoms. The Bertz CT molecular complexity index is 565. The molecule has 0 bridgehead atoms. The standard InChI is InChI=1S/C16H22FN3S/c1-4-18-14(10-15-9-12(2)19-20(15)3)11-21-16-7-5-13(17)6-8-16/h5-9,14,18H,4,10-11H2,1-3H3. The zero-order valence-corrected chi connectivity index (χ0v) is 13.6. The monoisotopic (exact) mass is 307 g/mol. The van der Waals surface area contributed by atoms with Crippen LogP contribution in [0.15, 0.2) is 35.2 Å². The van der Waals surface area contributed by atoms with Gasteiger partial charge in [-0.05, 0) is 43.8 Å². The lowest BCUT2D eigenvalue weighted by molar-refractivity contribution is 0.549. The van der Waals surface area contributed by atoms with E-state index >= 15 is 0 Å². The van der Waals surface area contributed by atoms with Crippen LogP contribution in [0.1, 0.15) is 18.3 Å². The van der Waals surface area contributed by atoms with Crippen LogP contribution >= 0.6 is 11.8 Å². The van der Waals surface area contributed by atoms with Crippen LogP contribution in [-0.4, -0.2) is 28.1 Å². The van der Waals surface area contributed by atoms with Crippen molar-refractivity contribution in [1.29, 1.82) is 0 Å². The Labute approximate surface area is 129 Å². The van der Waals surface area contributed by atoms with Crippen molar-refractivity contribution in [2.24, 2.45) is 7.05 Å². The van der Waals surface area contributed by atoms with Crippen molar-refractivity contribution in [3.8, 4) is 0 Å². The second-order valence-electron chi connectivity index (χ2n) is 5.12. The van der Waals surface area contributed by atoms with Gasteiger partial charge in [0.15, 0.2) is 0 Å². The lowest BCUT2D eigenvalue weighted by Gasteiger charge is -2.17. The van der Waals surface area contributed by atoms with Gasteiger partial charge in [0.25, 0.3) is 0 Å². The third kappa shape index (κ3) is 4.86. The van der Waals surface area contributed by atoms with E-state index in [9.17, 15) is 4.39 Å². The number of benzene rings is 1. The first-order valence-corrected chi connectivity index (χ1v) is 8.18. The van der Waals surface area contributed by atoms with Crippen LogP contribution < -0.4 is 5.32 Å². The van der Waals surface area contributed by atoms with Gasteiger partial charge in [-0.25, -0.2) is 4.39 Å². The van der Waals surface area contributed by atoms with Crippen molar-refractivity contribution < 1.29 is 4.39 Å². The molecule has 114 valence electrons. The summed E-state index contributed by atoms with van der Waals surface area (Å²) in [5.41, 5.74) is 2.28. The van der Waals surface area contributed by atoms with Crippen molar-refractivity contribution in [3.63, 3.8) is 0 Å². The second kappa shape index (κ2) is 7.61. The Hall–Kier alpha value is -1.33. The summed E-state index contributed by atoms with van der Waals surface area (Å²) in [5, 5.41) is 7.91. The van der Waals surface area contributed by atoms with Crippen LogP contribution in [-0.2, 0) is 13.5 Å². The highest BCUT2D eigenvalue weighted by molar-refractivity contribution is 7.99. The van der Waals surface area contributed by atoms with Gasteiger partial charge in [-0.15, -0.1) is 11.8 Å². The molecule has 1 heterocycles. The molecule has 5 heteroatoms. The first kappa shape index (κ1) is 16.0. The normalized spacial score (nSPS) is 12.6. The van der Waals surface area contributed by atoms with Gasteiger partial charge >= 0.3 is 0 Å². The molecule has 0 aliphatic rings. The number of thioether (sulfide) groups is 1. The Morgan fingerprint density at radius 3 is 2.62 bits per heavy atom. The van der Waals surface area contributed by atoms with Crippen molar-refractivity contribution >= 4 is 11.8 Å². The molecule has 0 saturated carbocycles. The number of hydrogen-bond acceptors (Lipinski definition) is 3. The van der Waals surface area contributed by atoms with Gasteiger partial charge in [-0.3, -0.25) is 4.68 Å². The highest BCUT2D eigenvalue weighted by Gasteiger charge is 2.12. The predicted molar refractivity (Wildman–Crippen MR) is 86.2 cm³/mol. The summed E-state index contributed by atoms with van der Waals surface area (Å²) >= 11 is 1.75. The maximum atomic E-state index is 12.9. The summed E-state index contributed by atoms with van der Waals surface area (Å²) in [5.74, 6) is 0.761. The number of halogens is 1. The van der Waals surface area contributed by atoms with Crippen molar-refractivity contribution in [2.75, 3.05) is 12.3 Å². The van der Waals surface area contributed by atoms with Crippen LogP contribution in [0.5, 0.6) is 0 Å². The number of nitrogens with one attached hydrogen (secondary N) is 1. The Morgan fingerprint density at radius 1 is 1.33 bits per heavy atom. The average molecular weight is 307 g/mol. The minimum atomic E-state index is -0.187. The topological polar surface area (TPSA) is 29.9 Å². The lowest BCUT2D eigenvalue weighted by atomic mass is 10.1. The second-order valence-corrected chi connectivity index (χ2v) is 6.22. The van der Waals surface area contributed by atoms with Crippen LogP contribution in [0.4, 0.5) is 4.39 Å². The van der Waals surface area contributed by atoms with Gasteiger partial charge in [-0.2, -0.15) is 5.10 Å². The van der Waals surface area contributed by atoms with E-state index in [1.807, 2.05) is 30.8 Å². The van der Waals surface area contributed by atoms with E-state index in [0.717, 1.165) is 29.3 Å². The molecule has 0 saturated heterocycles. The van der Waals surface area contributed by atoms with E-state index in [1.165, 1.54) is 17.8 Å². The maximum Gasteiger partial charge on any atom is 0.123 e. The SMILES string of the molecule is CCNC(CSc1ccc(F)cc1)Cc1cc(C)nn1C. The first-order valence-electron chi connectivity index (χ1n) is 7.19. The summed E-state index contributed by atoms with van der Waals surface area (Å²) < 4.78 is 14.9. The van der Waals surface area contributed by atoms with E-state index in [-0.39, 0.29) is 5.82 Å². The van der Waals surface area contributed by atoms with Gasteiger partial charge in [0.1, 0.15) is 5.82 Å². The predicted octanol–water partition coefficient (Wildman–Crippen LogP) is 3.18. The Balaban J connectivity index is 1.95. The number of rotatable bonds is 7. The molecular formula is C16H22FN3S. The molecule has 0 fully saturated rings. The van der Waals surface area contributed by atoms with Gasteiger partial charge in [0.05, 0.1) is 5.69 Å². The summed E-state index contributed by atoms with van der Waals surface area (Å²) in [6, 6.07) is 9.19. The summed E-state index contributed by atoms with van der Waals surface area (Å²) in [6.07, 6.45) is 0.944. The molecule has 0 aliphatic heterocycles. The van der Waals surface area contributed by atoms with E-state index in [2.05, 4.69) is 23.4 Å². The van der Waals surface area contributed by atoms with Crippen LogP contribution in [0, 0.1) is 12.7 Å². The minimum absolute atomic E-state index is 0.187. The van der Waals surface area contributed by atoms with Gasteiger partial charge in [0, 0.05) is 35.9 Å². The number of hydrogen-bond donors (Lipinski definition) is 1. The number of aryl methyl sites for hydroxylation is 2. The molecule has 0 aliphatic carbocycles. The molecule has 1 N–H and O–H groups in total. The molecule has 2 aromatic rings. The molecule has 0 amide bonds. The fourth-order valence-corrected chi connectivity index (χ4v) is 3.27. The fraction of sp³-hybridized carbons (Fsp3) is 0.438. The van der Waals surface area contributed by atoms with E-state index in [4.69, 9.17) is 0 Å². The van der Waals surface area contributed by atoms with Crippen LogP contribution in [0.2, 0.25) is 0 Å². The largest absolute Gasteiger partial charge is 0.313 e. The third-order valence-corrected chi connectivity index (χ3v) is 4.49. The molecule has 0 radical (unpaired) electrons. The molecule has 3 nitrogen and oxygen atoms in total. The number of nitrogens with zero attached hydrogens (tertiary/aromatic N) is 2. The van der Waals surface area contributed by atoms with Crippen molar-refractivity contribution in [3.05, 3.63) is 47.5 Å².